The van der Waals surface area contributed by atoms with E-state index in [2.05, 4.69) is 68.8 Å². The maximum atomic E-state index is 4.50. The van der Waals surface area contributed by atoms with Gasteiger partial charge in [-0.2, -0.15) is 0 Å². The van der Waals surface area contributed by atoms with Crippen molar-refractivity contribution in [2.24, 2.45) is 0 Å². The third kappa shape index (κ3) is 2.18. The summed E-state index contributed by atoms with van der Waals surface area (Å²) in [7, 11) is 0. The molecule has 0 fully saturated rings. The molecule has 1 aromatic carbocycles. The van der Waals surface area contributed by atoms with Crippen LogP contribution in [0.25, 0.3) is 5.52 Å². The van der Waals surface area contributed by atoms with Crippen LogP contribution in [0.5, 0.6) is 0 Å². The zero-order valence-electron chi connectivity index (χ0n) is 10.1. The van der Waals surface area contributed by atoms with Crippen molar-refractivity contribution in [3.05, 3.63) is 70.2 Å². The molecule has 3 aromatic rings. The van der Waals surface area contributed by atoms with Gasteiger partial charge in [-0.25, -0.2) is 4.98 Å². The van der Waals surface area contributed by atoms with Gasteiger partial charge in [0.15, 0.2) is 0 Å². The van der Waals surface area contributed by atoms with E-state index < -0.39 is 0 Å². The molecule has 0 atom stereocenters. The number of aromatic nitrogens is 2. The van der Waals surface area contributed by atoms with Gasteiger partial charge in [-0.1, -0.05) is 29.8 Å². The normalized spacial score (nSPS) is 11.0. The van der Waals surface area contributed by atoms with Crippen LogP contribution in [-0.2, 0) is 6.42 Å². The molecule has 2 aromatic heterocycles. The molecule has 0 saturated heterocycles. The number of halogens is 1. The number of imidazole rings is 1. The SMILES string of the molecule is Cc1ccc(Cc2ncc3ccc(Br)cn23)cc1. The predicted molar refractivity (Wildman–Crippen MR) is 76.9 cm³/mol. The van der Waals surface area contributed by atoms with E-state index in [0.717, 1.165) is 22.2 Å². The van der Waals surface area contributed by atoms with E-state index in [1.807, 2.05) is 12.3 Å². The quantitative estimate of drug-likeness (QED) is 0.699. The van der Waals surface area contributed by atoms with Crippen LogP contribution in [0.2, 0.25) is 0 Å². The van der Waals surface area contributed by atoms with Crippen LogP contribution in [-0.4, -0.2) is 9.38 Å². The molecule has 0 unspecified atom stereocenters. The molecular formula is C15H13BrN2. The molecule has 0 spiro atoms. The summed E-state index contributed by atoms with van der Waals surface area (Å²) < 4.78 is 3.20. The standard InChI is InChI=1S/C15H13BrN2/c1-11-2-4-12(5-3-11)8-15-17-9-14-7-6-13(16)10-18(14)15/h2-7,9-10H,8H2,1H3. The molecule has 0 aliphatic heterocycles. The highest BCUT2D eigenvalue weighted by Crippen LogP contribution is 2.16. The van der Waals surface area contributed by atoms with Crippen LogP contribution in [0.15, 0.2) is 53.3 Å². The zero-order chi connectivity index (χ0) is 12.5. The molecular weight excluding hydrogens is 288 g/mol. The third-order valence-electron chi connectivity index (χ3n) is 3.05. The molecule has 0 bridgehead atoms. The Balaban J connectivity index is 1.99. The van der Waals surface area contributed by atoms with Gasteiger partial charge >= 0.3 is 0 Å². The molecule has 0 amide bonds. The van der Waals surface area contributed by atoms with Gasteiger partial charge in [0.25, 0.3) is 0 Å². The minimum absolute atomic E-state index is 0.852. The van der Waals surface area contributed by atoms with Gasteiger partial charge in [0.1, 0.15) is 5.82 Å². The average molecular weight is 301 g/mol. The lowest BCUT2D eigenvalue weighted by atomic mass is 10.1. The number of benzene rings is 1. The lowest BCUT2D eigenvalue weighted by Gasteiger charge is -2.03. The molecule has 3 rings (SSSR count). The molecule has 0 radical (unpaired) electrons. The minimum atomic E-state index is 0.852. The fourth-order valence-electron chi connectivity index (χ4n) is 2.04. The van der Waals surface area contributed by atoms with Gasteiger partial charge in [0, 0.05) is 17.1 Å². The number of rotatable bonds is 2. The second-order valence-electron chi connectivity index (χ2n) is 4.48. The van der Waals surface area contributed by atoms with Crippen molar-refractivity contribution in [1.82, 2.24) is 9.38 Å². The maximum Gasteiger partial charge on any atom is 0.117 e. The summed E-state index contributed by atoms with van der Waals surface area (Å²) in [5, 5.41) is 0. The number of fused-ring (bicyclic) bond motifs is 1. The first-order valence-electron chi connectivity index (χ1n) is 5.89. The number of hydrogen-bond donors (Lipinski definition) is 0. The zero-order valence-corrected chi connectivity index (χ0v) is 11.7. The monoisotopic (exact) mass is 300 g/mol. The Morgan fingerprint density at radius 2 is 1.89 bits per heavy atom. The topological polar surface area (TPSA) is 17.3 Å². The summed E-state index contributed by atoms with van der Waals surface area (Å²) in [5.41, 5.74) is 3.70. The Bertz CT molecular complexity index is 683. The molecule has 0 N–H and O–H groups in total. The Labute approximate surface area is 114 Å². The summed E-state index contributed by atoms with van der Waals surface area (Å²) in [6, 6.07) is 12.7. The highest BCUT2D eigenvalue weighted by atomic mass is 79.9. The molecule has 3 heteroatoms. The third-order valence-corrected chi connectivity index (χ3v) is 3.52. The van der Waals surface area contributed by atoms with Crippen LogP contribution < -0.4 is 0 Å². The van der Waals surface area contributed by atoms with Gasteiger partial charge < -0.3 is 4.40 Å². The lowest BCUT2D eigenvalue weighted by Crippen LogP contribution is -1.96. The van der Waals surface area contributed by atoms with E-state index in [9.17, 15) is 0 Å². The number of aryl methyl sites for hydroxylation is 1. The van der Waals surface area contributed by atoms with E-state index in [1.54, 1.807) is 0 Å². The second-order valence-corrected chi connectivity index (χ2v) is 5.39. The molecule has 18 heavy (non-hydrogen) atoms. The maximum absolute atomic E-state index is 4.50. The fraction of sp³-hybridized carbons (Fsp3) is 0.133. The van der Waals surface area contributed by atoms with Gasteiger partial charge in [-0.15, -0.1) is 0 Å². The van der Waals surface area contributed by atoms with Gasteiger partial charge in [-0.05, 0) is 40.5 Å². The summed E-state index contributed by atoms with van der Waals surface area (Å²) in [6.45, 7) is 2.10. The van der Waals surface area contributed by atoms with Crippen molar-refractivity contribution in [3.63, 3.8) is 0 Å². The smallest absolute Gasteiger partial charge is 0.117 e. The van der Waals surface area contributed by atoms with Crippen LogP contribution in [0.4, 0.5) is 0 Å². The van der Waals surface area contributed by atoms with Crippen molar-refractivity contribution in [1.29, 1.82) is 0 Å². The van der Waals surface area contributed by atoms with E-state index in [0.29, 0.717) is 0 Å². The van der Waals surface area contributed by atoms with Gasteiger partial charge in [0.2, 0.25) is 0 Å². The first-order valence-corrected chi connectivity index (χ1v) is 6.69. The molecule has 2 heterocycles. The number of pyridine rings is 1. The summed E-state index contributed by atoms with van der Waals surface area (Å²) in [4.78, 5) is 4.50. The van der Waals surface area contributed by atoms with Crippen LogP contribution in [0.1, 0.15) is 17.0 Å². The van der Waals surface area contributed by atoms with E-state index in [1.165, 1.54) is 11.1 Å². The molecule has 0 aliphatic carbocycles. The van der Waals surface area contributed by atoms with Crippen molar-refractivity contribution < 1.29 is 0 Å². The fourth-order valence-corrected chi connectivity index (χ4v) is 2.37. The van der Waals surface area contributed by atoms with Crippen molar-refractivity contribution in [2.45, 2.75) is 13.3 Å². The average Bonchev–Trinajstić information content (AvgIpc) is 2.75. The summed E-state index contributed by atoms with van der Waals surface area (Å²) >= 11 is 3.50. The lowest BCUT2D eigenvalue weighted by molar-refractivity contribution is 0.958. The first kappa shape index (κ1) is 11.5. The highest BCUT2D eigenvalue weighted by molar-refractivity contribution is 9.10. The minimum Gasteiger partial charge on any atom is -0.302 e. The van der Waals surface area contributed by atoms with Crippen molar-refractivity contribution >= 4 is 21.4 Å². The van der Waals surface area contributed by atoms with Gasteiger partial charge in [0.05, 0.1) is 11.7 Å². The number of nitrogens with zero attached hydrogens (tertiary/aromatic N) is 2. The Morgan fingerprint density at radius 3 is 2.67 bits per heavy atom. The van der Waals surface area contributed by atoms with E-state index in [-0.39, 0.29) is 0 Å². The molecule has 90 valence electrons. The summed E-state index contributed by atoms with van der Waals surface area (Å²) in [6.07, 6.45) is 4.83. The Hall–Kier alpha value is -1.61. The largest absolute Gasteiger partial charge is 0.302 e. The van der Waals surface area contributed by atoms with Crippen LogP contribution >= 0.6 is 15.9 Å². The second kappa shape index (κ2) is 4.58. The Morgan fingerprint density at radius 1 is 1.11 bits per heavy atom. The van der Waals surface area contributed by atoms with Crippen LogP contribution in [0, 0.1) is 6.92 Å². The molecule has 2 nitrogen and oxygen atoms in total. The van der Waals surface area contributed by atoms with E-state index >= 15 is 0 Å². The van der Waals surface area contributed by atoms with E-state index in [4.69, 9.17) is 0 Å². The first-order chi connectivity index (χ1) is 8.72. The van der Waals surface area contributed by atoms with Crippen molar-refractivity contribution in [2.75, 3.05) is 0 Å². The highest BCUT2D eigenvalue weighted by Gasteiger charge is 2.04. The number of hydrogen-bond acceptors (Lipinski definition) is 1. The van der Waals surface area contributed by atoms with Crippen molar-refractivity contribution in [3.8, 4) is 0 Å². The molecule has 0 aliphatic rings. The van der Waals surface area contributed by atoms with Gasteiger partial charge in [-0.3, -0.25) is 0 Å². The predicted octanol–water partition coefficient (Wildman–Crippen LogP) is 4.00. The Kier molecular flexibility index (Phi) is 2.92. The van der Waals surface area contributed by atoms with Crippen LogP contribution in [0.3, 0.4) is 0 Å². The summed E-state index contributed by atoms with van der Waals surface area (Å²) in [5.74, 6) is 1.06. The molecule has 0 saturated carbocycles.